The molecule has 9 heteroatoms. The van der Waals surface area contributed by atoms with Crippen molar-refractivity contribution in [3.05, 3.63) is 109 Å². The van der Waals surface area contributed by atoms with Crippen molar-refractivity contribution in [1.29, 1.82) is 0 Å². The van der Waals surface area contributed by atoms with Crippen LogP contribution in [-0.4, -0.2) is 75.6 Å². The Morgan fingerprint density at radius 3 is 1.22 bits per heavy atom. The zero-order valence-corrected chi connectivity index (χ0v) is 44.5. The Labute approximate surface area is 412 Å². The smallest absolute Gasteiger partial charge is 0.457 e. The molecule has 0 spiro atoms. The summed E-state index contributed by atoms with van der Waals surface area (Å²) in [6.07, 6.45) is 70.0. The van der Waals surface area contributed by atoms with Crippen LogP contribution in [0.5, 0.6) is 0 Å². The van der Waals surface area contributed by atoms with Gasteiger partial charge in [-0.25, -0.2) is 4.57 Å². The number of hydrogen-bond acceptors (Lipinski definition) is 6. The Balaban J connectivity index is 4.17. The number of esters is 1. The van der Waals surface area contributed by atoms with E-state index in [1.54, 1.807) is 0 Å². The topological polar surface area (TPSA) is 91.3 Å². The summed E-state index contributed by atoms with van der Waals surface area (Å²) in [6, 6.07) is 0. The summed E-state index contributed by atoms with van der Waals surface area (Å²) in [5, 5.41) is 0. The van der Waals surface area contributed by atoms with Gasteiger partial charge < -0.3 is 18.9 Å². The third-order valence-electron chi connectivity index (χ3n) is 10.8. The molecule has 0 heterocycles. The molecule has 384 valence electrons. The van der Waals surface area contributed by atoms with Crippen molar-refractivity contribution in [3.63, 3.8) is 0 Å². The Morgan fingerprint density at radius 1 is 0.463 bits per heavy atom. The molecular formula is C58H101NO7P+. The molecule has 0 aromatic carbocycles. The van der Waals surface area contributed by atoms with E-state index in [1.165, 1.54) is 77.0 Å². The second-order valence-corrected chi connectivity index (χ2v) is 19.9. The van der Waals surface area contributed by atoms with Crippen LogP contribution in [0.15, 0.2) is 109 Å². The number of quaternary nitrogens is 1. The number of allylic oxidation sites excluding steroid dienone is 18. The lowest BCUT2D eigenvalue weighted by Crippen LogP contribution is -2.37. The third-order valence-corrected chi connectivity index (χ3v) is 11.8. The fraction of sp³-hybridized carbons (Fsp3) is 0.672. The van der Waals surface area contributed by atoms with E-state index in [-0.39, 0.29) is 32.2 Å². The lowest BCUT2D eigenvalue weighted by Gasteiger charge is -2.24. The first kappa shape index (κ1) is 64.2. The Morgan fingerprint density at radius 2 is 0.821 bits per heavy atom. The molecule has 1 N–H and O–H groups in total. The molecule has 0 saturated heterocycles. The SMILES string of the molecule is CC/C=C\C/C=C\C/C=C\C/C=C\C/C=C\CCCCCC(=O)OC(COCCCCCCCCCCCCCCC/C=C\C/C=C\C/C=C\C/C=C\CC)COP(=O)(O)OCC[N+](C)(C)C. The highest BCUT2D eigenvalue weighted by Crippen LogP contribution is 2.43. The van der Waals surface area contributed by atoms with Gasteiger partial charge in [-0.3, -0.25) is 13.8 Å². The van der Waals surface area contributed by atoms with Gasteiger partial charge in [0, 0.05) is 13.0 Å². The predicted octanol–water partition coefficient (Wildman–Crippen LogP) is 16.7. The van der Waals surface area contributed by atoms with E-state index in [2.05, 4.69) is 123 Å². The van der Waals surface area contributed by atoms with Crippen LogP contribution in [0.2, 0.25) is 0 Å². The number of unbranched alkanes of at least 4 members (excludes halogenated alkanes) is 16. The van der Waals surface area contributed by atoms with E-state index in [9.17, 15) is 14.3 Å². The summed E-state index contributed by atoms with van der Waals surface area (Å²) >= 11 is 0. The number of phosphoric ester groups is 1. The molecule has 0 fully saturated rings. The van der Waals surface area contributed by atoms with Gasteiger partial charge >= 0.3 is 13.8 Å². The van der Waals surface area contributed by atoms with Gasteiger partial charge in [0.2, 0.25) is 0 Å². The van der Waals surface area contributed by atoms with Crippen molar-refractivity contribution >= 4 is 13.8 Å². The number of rotatable bonds is 48. The first-order valence-electron chi connectivity index (χ1n) is 26.6. The van der Waals surface area contributed by atoms with Crippen molar-refractivity contribution < 1.29 is 37.3 Å². The minimum Gasteiger partial charge on any atom is -0.457 e. The summed E-state index contributed by atoms with van der Waals surface area (Å²) in [5.74, 6) is -0.348. The van der Waals surface area contributed by atoms with E-state index < -0.39 is 13.9 Å². The van der Waals surface area contributed by atoms with E-state index in [0.29, 0.717) is 17.6 Å². The van der Waals surface area contributed by atoms with Crippen LogP contribution in [-0.2, 0) is 27.9 Å². The first-order chi connectivity index (χ1) is 32.6. The van der Waals surface area contributed by atoms with Crippen LogP contribution >= 0.6 is 7.82 Å². The highest BCUT2D eigenvalue weighted by molar-refractivity contribution is 7.47. The number of ether oxygens (including phenoxy) is 2. The van der Waals surface area contributed by atoms with Crippen molar-refractivity contribution in [2.24, 2.45) is 0 Å². The molecule has 0 rings (SSSR count). The highest BCUT2D eigenvalue weighted by Gasteiger charge is 2.26. The van der Waals surface area contributed by atoms with Gasteiger partial charge in [0.05, 0.1) is 34.4 Å². The molecule has 0 saturated carbocycles. The molecule has 0 aromatic heterocycles. The molecule has 2 unspecified atom stereocenters. The molecular weight excluding hydrogens is 854 g/mol. The summed E-state index contributed by atoms with van der Waals surface area (Å²) in [4.78, 5) is 23.0. The van der Waals surface area contributed by atoms with Crippen LogP contribution < -0.4 is 0 Å². The minimum atomic E-state index is -4.30. The molecule has 0 bridgehead atoms. The van der Waals surface area contributed by atoms with Crippen LogP contribution in [0.25, 0.3) is 0 Å². The maximum Gasteiger partial charge on any atom is 0.472 e. The fourth-order valence-corrected chi connectivity index (χ4v) is 7.55. The lowest BCUT2D eigenvalue weighted by atomic mass is 10.0. The molecule has 8 nitrogen and oxygen atoms in total. The summed E-state index contributed by atoms with van der Waals surface area (Å²) in [5.41, 5.74) is 0. The third kappa shape index (κ3) is 54.0. The van der Waals surface area contributed by atoms with Crippen molar-refractivity contribution in [1.82, 2.24) is 0 Å². The fourth-order valence-electron chi connectivity index (χ4n) is 6.81. The normalized spacial score (nSPS) is 14.4. The largest absolute Gasteiger partial charge is 0.472 e. The molecule has 67 heavy (non-hydrogen) atoms. The molecule has 0 radical (unpaired) electrons. The minimum absolute atomic E-state index is 0.0759. The summed E-state index contributed by atoms with van der Waals surface area (Å²) in [6.45, 7) is 5.33. The molecule has 0 aromatic rings. The van der Waals surface area contributed by atoms with Gasteiger partial charge in [-0.15, -0.1) is 0 Å². The zero-order chi connectivity index (χ0) is 49.0. The number of carbonyl (C=O) groups excluding carboxylic acids is 1. The summed E-state index contributed by atoms with van der Waals surface area (Å²) < 4.78 is 35.1. The number of hydrogen-bond donors (Lipinski definition) is 1. The van der Waals surface area contributed by atoms with Gasteiger partial charge in [-0.2, -0.15) is 0 Å². The average Bonchev–Trinajstić information content (AvgIpc) is 3.29. The number of likely N-dealkylation sites (N-methyl/N-ethyl adjacent to an activating group) is 1. The van der Waals surface area contributed by atoms with E-state index in [1.807, 2.05) is 21.1 Å². The quantitative estimate of drug-likeness (QED) is 0.0214. The number of phosphoric acid groups is 1. The van der Waals surface area contributed by atoms with Crippen LogP contribution in [0, 0.1) is 0 Å². The van der Waals surface area contributed by atoms with Crippen LogP contribution in [0.4, 0.5) is 0 Å². The highest BCUT2D eigenvalue weighted by atomic mass is 31.2. The second kappa shape index (κ2) is 49.6. The van der Waals surface area contributed by atoms with Crippen LogP contribution in [0.3, 0.4) is 0 Å². The van der Waals surface area contributed by atoms with Crippen molar-refractivity contribution in [2.45, 2.75) is 200 Å². The zero-order valence-electron chi connectivity index (χ0n) is 43.6. The molecule has 2 atom stereocenters. The molecule has 0 aliphatic heterocycles. The van der Waals surface area contributed by atoms with Gasteiger partial charge in [0.1, 0.15) is 19.3 Å². The molecule has 0 amide bonds. The Bertz CT molecular complexity index is 1430. The van der Waals surface area contributed by atoms with E-state index in [4.69, 9.17) is 18.5 Å². The van der Waals surface area contributed by atoms with Gasteiger partial charge in [-0.05, 0) is 96.3 Å². The maximum atomic E-state index is 12.8. The summed E-state index contributed by atoms with van der Waals surface area (Å²) in [7, 11) is 1.63. The van der Waals surface area contributed by atoms with Gasteiger partial charge in [-0.1, -0.05) is 200 Å². The average molecular weight is 955 g/mol. The molecule has 0 aliphatic carbocycles. The lowest BCUT2D eigenvalue weighted by molar-refractivity contribution is -0.870. The van der Waals surface area contributed by atoms with Crippen LogP contribution in [0.1, 0.15) is 194 Å². The van der Waals surface area contributed by atoms with Gasteiger partial charge in [0.15, 0.2) is 0 Å². The number of nitrogens with zero attached hydrogens (tertiary/aromatic N) is 1. The second-order valence-electron chi connectivity index (χ2n) is 18.5. The number of carbonyl (C=O) groups is 1. The monoisotopic (exact) mass is 955 g/mol. The van der Waals surface area contributed by atoms with Crippen molar-refractivity contribution in [2.75, 3.05) is 54.1 Å². The van der Waals surface area contributed by atoms with E-state index >= 15 is 0 Å². The molecule has 0 aliphatic rings. The Kier molecular flexibility index (Phi) is 47.5. The Hall–Kier alpha value is -2.84. The predicted molar refractivity (Wildman–Crippen MR) is 288 cm³/mol. The van der Waals surface area contributed by atoms with Crippen molar-refractivity contribution in [3.8, 4) is 0 Å². The first-order valence-corrected chi connectivity index (χ1v) is 28.1. The van der Waals surface area contributed by atoms with E-state index in [0.717, 1.165) is 96.3 Å². The standard InChI is InChI=1S/C58H100NO7P/c1-6-8-10-12-14-16-18-20-22-24-26-27-28-29-30-31-32-34-36-38-40-42-44-46-48-50-53-63-55-57(56-65-67(61,62)64-54-52-59(3,4)5)66-58(60)51-49-47-45-43-41-39-37-35-33-25-23-21-19-17-15-13-11-9-7-2/h8-11,14-17,20-23,26-27,33,35,39,41,57H,6-7,12-13,18-19,24-25,28-32,34,36-38,40,42-56H2,1-5H3/p+1/b10-8-,11-9-,16-14-,17-15-,22-20-,23-21-,27-26-,35-33-,41-39-. The van der Waals surface area contributed by atoms with Gasteiger partial charge in [0.25, 0.3) is 0 Å². The maximum absolute atomic E-state index is 12.8.